The summed E-state index contributed by atoms with van der Waals surface area (Å²) in [5.41, 5.74) is 0. The quantitative estimate of drug-likeness (QED) is 0.682. The molecule has 0 aromatic carbocycles. The second kappa shape index (κ2) is 5.86. The van der Waals surface area contributed by atoms with Gasteiger partial charge in [-0.05, 0) is 57.0 Å². The largest absolute Gasteiger partial charge is 0.381 e. The lowest BCUT2D eigenvalue weighted by Gasteiger charge is -2.30. The first kappa shape index (κ1) is 11.4. The summed E-state index contributed by atoms with van der Waals surface area (Å²) in [5.74, 6) is 1.82. The summed E-state index contributed by atoms with van der Waals surface area (Å²) in [4.78, 5) is 0. The molecule has 0 bridgehead atoms. The second-order valence-corrected chi connectivity index (χ2v) is 5.25. The zero-order valence-corrected chi connectivity index (χ0v) is 10.0. The van der Waals surface area contributed by atoms with Gasteiger partial charge in [-0.25, -0.2) is 0 Å². The number of nitrogens with one attached hydrogen (secondary N) is 1. The van der Waals surface area contributed by atoms with Gasteiger partial charge in [-0.15, -0.1) is 0 Å². The van der Waals surface area contributed by atoms with Crippen LogP contribution in [0.5, 0.6) is 0 Å². The molecule has 2 saturated carbocycles. The molecular weight excluding hydrogens is 186 g/mol. The molecule has 0 heterocycles. The fourth-order valence-electron chi connectivity index (χ4n) is 2.73. The summed E-state index contributed by atoms with van der Waals surface area (Å²) >= 11 is 0. The first-order chi connectivity index (χ1) is 7.40. The molecule has 2 nitrogen and oxygen atoms in total. The molecule has 0 aromatic heterocycles. The Morgan fingerprint density at radius 1 is 1.13 bits per heavy atom. The molecule has 2 atom stereocenters. The van der Waals surface area contributed by atoms with E-state index in [1.165, 1.54) is 58.0 Å². The normalized spacial score (nSPS) is 31.8. The van der Waals surface area contributed by atoms with E-state index in [9.17, 15) is 0 Å². The minimum atomic E-state index is 0.543. The third kappa shape index (κ3) is 3.76. The minimum absolute atomic E-state index is 0.543. The van der Waals surface area contributed by atoms with Crippen LogP contribution < -0.4 is 5.32 Å². The van der Waals surface area contributed by atoms with Crippen LogP contribution in [-0.2, 0) is 4.74 Å². The van der Waals surface area contributed by atoms with Crippen molar-refractivity contribution in [1.82, 2.24) is 5.32 Å². The summed E-state index contributed by atoms with van der Waals surface area (Å²) in [7, 11) is 1.88. The fraction of sp³-hybridized carbons (Fsp3) is 1.00. The van der Waals surface area contributed by atoms with E-state index in [1.807, 2.05) is 7.11 Å². The van der Waals surface area contributed by atoms with Crippen molar-refractivity contribution in [3.63, 3.8) is 0 Å². The molecule has 88 valence electrons. The van der Waals surface area contributed by atoms with E-state index in [4.69, 9.17) is 4.74 Å². The summed E-state index contributed by atoms with van der Waals surface area (Å²) in [5, 5.41) is 3.58. The van der Waals surface area contributed by atoms with Gasteiger partial charge in [-0.3, -0.25) is 0 Å². The molecule has 0 radical (unpaired) electrons. The Morgan fingerprint density at radius 3 is 2.67 bits per heavy atom. The molecule has 0 aliphatic heterocycles. The fourth-order valence-corrected chi connectivity index (χ4v) is 2.73. The van der Waals surface area contributed by atoms with Crippen LogP contribution in [0.3, 0.4) is 0 Å². The molecule has 1 N–H and O–H groups in total. The summed E-state index contributed by atoms with van der Waals surface area (Å²) in [6, 6.07) is 0. The zero-order chi connectivity index (χ0) is 10.5. The van der Waals surface area contributed by atoms with Crippen LogP contribution in [0.2, 0.25) is 0 Å². The number of ether oxygens (including phenoxy) is 1. The Labute approximate surface area is 93.8 Å². The zero-order valence-electron chi connectivity index (χ0n) is 10.0. The standard InChI is InChI=1S/C13H25NO/c1-15-13-5-3-2-4-12(13)8-9-14-10-11-6-7-11/h11-14H,2-10H2,1H3/t12-,13-/m0/s1. The summed E-state index contributed by atoms with van der Waals surface area (Å²) < 4.78 is 5.57. The van der Waals surface area contributed by atoms with Crippen molar-refractivity contribution in [2.24, 2.45) is 11.8 Å². The number of hydrogen-bond donors (Lipinski definition) is 1. The molecule has 0 aromatic rings. The molecule has 15 heavy (non-hydrogen) atoms. The van der Waals surface area contributed by atoms with E-state index < -0.39 is 0 Å². The maximum atomic E-state index is 5.57. The molecule has 2 fully saturated rings. The molecule has 2 heteroatoms. The van der Waals surface area contributed by atoms with Crippen molar-refractivity contribution in [2.45, 2.75) is 51.0 Å². The van der Waals surface area contributed by atoms with E-state index in [0.717, 1.165) is 11.8 Å². The molecule has 0 spiro atoms. The van der Waals surface area contributed by atoms with Gasteiger partial charge in [0.15, 0.2) is 0 Å². The van der Waals surface area contributed by atoms with Crippen LogP contribution >= 0.6 is 0 Å². The van der Waals surface area contributed by atoms with Crippen LogP contribution in [0, 0.1) is 11.8 Å². The molecule has 2 aliphatic carbocycles. The molecule has 2 rings (SSSR count). The Morgan fingerprint density at radius 2 is 1.93 bits per heavy atom. The van der Waals surface area contributed by atoms with Gasteiger partial charge in [0, 0.05) is 7.11 Å². The van der Waals surface area contributed by atoms with Gasteiger partial charge in [0.1, 0.15) is 0 Å². The second-order valence-electron chi connectivity index (χ2n) is 5.25. The van der Waals surface area contributed by atoms with Crippen molar-refractivity contribution >= 4 is 0 Å². The predicted octanol–water partition coefficient (Wildman–Crippen LogP) is 2.58. The Bertz CT molecular complexity index is 179. The first-order valence-electron chi connectivity index (χ1n) is 6.63. The lowest BCUT2D eigenvalue weighted by Crippen LogP contribution is -2.30. The van der Waals surface area contributed by atoms with E-state index in [-0.39, 0.29) is 0 Å². The topological polar surface area (TPSA) is 21.3 Å². The van der Waals surface area contributed by atoms with E-state index in [0.29, 0.717) is 6.10 Å². The SMILES string of the molecule is CO[C@H]1CCCC[C@H]1CCNCC1CC1. The van der Waals surface area contributed by atoms with Crippen LogP contribution in [0.25, 0.3) is 0 Å². The smallest absolute Gasteiger partial charge is 0.0600 e. The number of rotatable bonds is 6. The summed E-state index contributed by atoms with van der Waals surface area (Å²) in [6.07, 6.45) is 10.2. The maximum absolute atomic E-state index is 5.57. The van der Waals surface area contributed by atoms with Crippen molar-refractivity contribution in [1.29, 1.82) is 0 Å². The molecule has 2 aliphatic rings. The monoisotopic (exact) mass is 211 g/mol. The third-order valence-corrected chi connectivity index (χ3v) is 3.96. The van der Waals surface area contributed by atoms with Gasteiger partial charge in [0.25, 0.3) is 0 Å². The van der Waals surface area contributed by atoms with Crippen molar-refractivity contribution in [3.05, 3.63) is 0 Å². The Kier molecular flexibility index (Phi) is 4.45. The highest BCUT2D eigenvalue weighted by molar-refractivity contribution is 4.78. The molecular formula is C13H25NO. The van der Waals surface area contributed by atoms with Crippen LogP contribution in [-0.4, -0.2) is 26.3 Å². The molecule has 0 unspecified atom stereocenters. The Hall–Kier alpha value is -0.0800. The highest BCUT2D eigenvalue weighted by Gasteiger charge is 2.25. The number of methoxy groups -OCH3 is 1. The van der Waals surface area contributed by atoms with Crippen LogP contribution in [0.4, 0.5) is 0 Å². The van der Waals surface area contributed by atoms with E-state index in [2.05, 4.69) is 5.32 Å². The lowest BCUT2D eigenvalue weighted by molar-refractivity contribution is 0.0206. The average molecular weight is 211 g/mol. The van der Waals surface area contributed by atoms with Crippen LogP contribution in [0.1, 0.15) is 44.9 Å². The van der Waals surface area contributed by atoms with E-state index in [1.54, 1.807) is 0 Å². The Balaban J connectivity index is 1.58. The minimum Gasteiger partial charge on any atom is -0.381 e. The van der Waals surface area contributed by atoms with Gasteiger partial charge in [0.05, 0.1) is 6.10 Å². The van der Waals surface area contributed by atoms with E-state index >= 15 is 0 Å². The first-order valence-corrected chi connectivity index (χ1v) is 6.63. The predicted molar refractivity (Wildman–Crippen MR) is 63.0 cm³/mol. The van der Waals surface area contributed by atoms with Gasteiger partial charge >= 0.3 is 0 Å². The lowest BCUT2D eigenvalue weighted by atomic mass is 9.84. The van der Waals surface area contributed by atoms with Gasteiger partial charge in [-0.1, -0.05) is 12.8 Å². The molecule has 0 amide bonds. The van der Waals surface area contributed by atoms with Gasteiger partial charge in [-0.2, -0.15) is 0 Å². The summed E-state index contributed by atoms with van der Waals surface area (Å²) in [6.45, 7) is 2.45. The van der Waals surface area contributed by atoms with Gasteiger partial charge in [0.2, 0.25) is 0 Å². The number of hydrogen-bond acceptors (Lipinski definition) is 2. The van der Waals surface area contributed by atoms with Gasteiger partial charge < -0.3 is 10.1 Å². The maximum Gasteiger partial charge on any atom is 0.0600 e. The highest BCUT2D eigenvalue weighted by atomic mass is 16.5. The average Bonchev–Trinajstić information content (AvgIpc) is 3.09. The van der Waals surface area contributed by atoms with Crippen LogP contribution in [0.15, 0.2) is 0 Å². The van der Waals surface area contributed by atoms with Crippen molar-refractivity contribution in [2.75, 3.05) is 20.2 Å². The molecule has 0 saturated heterocycles. The van der Waals surface area contributed by atoms with Crippen molar-refractivity contribution in [3.8, 4) is 0 Å². The highest BCUT2D eigenvalue weighted by Crippen LogP contribution is 2.29. The third-order valence-electron chi connectivity index (χ3n) is 3.96. The van der Waals surface area contributed by atoms with Crippen molar-refractivity contribution < 1.29 is 4.74 Å².